The third-order valence-corrected chi connectivity index (χ3v) is 2.50. The molecule has 0 aliphatic carbocycles. The minimum atomic E-state index is 0.0989. The average molecular weight is 198 g/mol. The van der Waals surface area contributed by atoms with Gasteiger partial charge in [0, 0.05) is 32.1 Å². The van der Waals surface area contributed by atoms with Gasteiger partial charge in [-0.15, -0.1) is 0 Å². The van der Waals surface area contributed by atoms with Crippen molar-refractivity contribution in [2.45, 2.75) is 40.2 Å². The summed E-state index contributed by atoms with van der Waals surface area (Å²) in [5.74, 6) is 0.298. The fraction of sp³-hybridized carbons (Fsp3) is 0.909. The van der Waals surface area contributed by atoms with Gasteiger partial charge in [0.05, 0.1) is 0 Å². The van der Waals surface area contributed by atoms with Gasteiger partial charge in [0.25, 0.3) is 0 Å². The lowest BCUT2D eigenvalue weighted by Crippen LogP contribution is -2.52. The second-order valence-electron chi connectivity index (χ2n) is 5.38. The summed E-state index contributed by atoms with van der Waals surface area (Å²) in [6.45, 7) is 11.1. The highest BCUT2D eigenvalue weighted by Gasteiger charge is 2.26. The minimum Gasteiger partial charge on any atom is -0.337 e. The standard InChI is InChI=1S/C11H22N2O/c1-9-8-12-5-6-13(9)10(14)7-11(2,3)4/h9,12H,5-8H2,1-4H3/t9-/m0/s1. The van der Waals surface area contributed by atoms with Gasteiger partial charge in [-0.2, -0.15) is 0 Å². The van der Waals surface area contributed by atoms with Crippen LogP contribution in [0.25, 0.3) is 0 Å². The first kappa shape index (κ1) is 11.5. The molecule has 0 spiro atoms. The largest absolute Gasteiger partial charge is 0.337 e. The number of nitrogens with zero attached hydrogens (tertiary/aromatic N) is 1. The van der Waals surface area contributed by atoms with Gasteiger partial charge in [0.2, 0.25) is 5.91 Å². The molecular formula is C11H22N2O. The predicted molar refractivity (Wildman–Crippen MR) is 58.1 cm³/mol. The summed E-state index contributed by atoms with van der Waals surface area (Å²) in [5, 5.41) is 3.29. The lowest BCUT2D eigenvalue weighted by atomic mass is 9.91. The molecule has 1 saturated heterocycles. The van der Waals surface area contributed by atoms with Gasteiger partial charge < -0.3 is 10.2 Å². The van der Waals surface area contributed by atoms with E-state index in [0.717, 1.165) is 19.6 Å². The van der Waals surface area contributed by atoms with Crippen LogP contribution in [0.4, 0.5) is 0 Å². The van der Waals surface area contributed by atoms with E-state index >= 15 is 0 Å². The Morgan fingerprint density at radius 3 is 2.64 bits per heavy atom. The molecule has 0 radical (unpaired) electrons. The Hall–Kier alpha value is -0.570. The van der Waals surface area contributed by atoms with E-state index in [9.17, 15) is 4.79 Å². The van der Waals surface area contributed by atoms with Crippen molar-refractivity contribution in [3.05, 3.63) is 0 Å². The molecule has 0 saturated carbocycles. The lowest BCUT2D eigenvalue weighted by molar-refractivity contribution is -0.135. The summed E-state index contributed by atoms with van der Waals surface area (Å²) in [6.07, 6.45) is 0.650. The zero-order valence-corrected chi connectivity index (χ0v) is 9.76. The molecule has 0 aromatic heterocycles. The highest BCUT2D eigenvalue weighted by Crippen LogP contribution is 2.20. The first-order chi connectivity index (χ1) is 6.40. The van der Waals surface area contributed by atoms with Crippen LogP contribution in [0.5, 0.6) is 0 Å². The lowest BCUT2D eigenvalue weighted by Gasteiger charge is -2.35. The molecule has 0 aromatic carbocycles. The van der Waals surface area contributed by atoms with Crippen molar-refractivity contribution in [2.24, 2.45) is 5.41 Å². The van der Waals surface area contributed by atoms with Crippen LogP contribution in [0.15, 0.2) is 0 Å². The van der Waals surface area contributed by atoms with Crippen LogP contribution in [-0.2, 0) is 4.79 Å². The predicted octanol–water partition coefficient (Wildman–Crippen LogP) is 1.24. The zero-order chi connectivity index (χ0) is 10.8. The van der Waals surface area contributed by atoms with E-state index in [2.05, 4.69) is 33.0 Å². The van der Waals surface area contributed by atoms with Crippen LogP contribution in [0.3, 0.4) is 0 Å². The molecule has 0 unspecified atom stereocenters. The highest BCUT2D eigenvalue weighted by molar-refractivity contribution is 5.77. The quantitative estimate of drug-likeness (QED) is 0.687. The van der Waals surface area contributed by atoms with E-state index < -0.39 is 0 Å². The number of rotatable bonds is 1. The van der Waals surface area contributed by atoms with Crippen molar-refractivity contribution in [2.75, 3.05) is 19.6 Å². The van der Waals surface area contributed by atoms with E-state index in [1.807, 2.05) is 4.90 Å². The number of nitrogens with one attached hydrogen (secondary N) is 1. The van der Waals surface area contributed by atoms with Crippen LogP contribution in [-0.4, -0.2) is 36.5 Å². The number of carbonyl (C=O) groups is 1. The Balaban J connectivity index is 2.50. The topological polar surface area (TPSA) is 32.3 Å². The molecule has 1 rings (SSSR count). The monoisotopic (exact) mass is 198 g/mol. The smallest absolute Gasteiger partial charge is 0.223 e. The molecular weight excluding hydrogens is 176 g/mol. The van der Waals surface area contributed by atoms with Crippen LogP contribution in [0.2, 0.25) is 0 Å². The summed E-state index contributed by atoms with van der Waals surface area (Å²) >= 11 is 0. The molecule has 1 atom stereocenters. The number of hydrogen-bond donors (Lipinski definition) is 1. The molecule has 82 valence electrons. The van der Waals surface area contributed by atoms with Gasteiger partial charge >= 0.3 is 0 Å². The van der Waals surface area contributed by atoms with Gasteiger partial charge in [-0.1, -0.05) is 20.8 Å². The molecule has 1 aliphatic heterocycles. The maximum Gasteiger partial charge on any atom is 0.223 e. The van der Waals surface area contributed by atoms with E-state index in [1.54, 1.807) is 0 Å². The van der Waals surface area contributed by atoms with Crippen molar-refractivity contribution in [3.8, 4) is 0 Å². The van der Waals surface area contributed by atoms with Gasteiger partial charge in [-0.05, 0) is 12.3 Å². The maximum absolute atomic E-state index is 11.9. The first-order valence-corrected chi connectivity index (χ1v) is 5.40. The second-order valence-corrected chi connectivity index (χ2v) is 5.38. The summed E-state index contributed by atoms with van der Waals surface area (Å²) in [6, 6.07) is 0.346. The molecule has 3 heteroatoms. The number of amides is 1. The summed E-state index contributed by atoms with van der Waals surface area (Å²) in [5.41, 5.74) is 0.0989. The molecule has 0 aromatic rings. The molecule has 3 nitrogen and oxygen atoms in total. The molecule has 1 N–H and O–H groups in total. The van der Waals surface area contributed by atoms with E-state index in [4.69, 9.17) is 0 Å². The van der Waals surface area contributed by atoms with Crippen LogP contribution >= 0.6 is 0 Å². The maximum atomic E-state index is 11.9. The van der Waals surface area contributed by atoms with Crippen molar-refractivity contribution in [1.29, 1.82) is 0 Å². The van der Waals surface area contributed by atoms with E-state index in [-0.39, 0.29) is 5.41 Å². The summed E-state index contributed by atoms with van der Waals surface area (Å²) in [7, 11) is 0. The van der Waals surface area contributed by atoms with E-state index in [0.29, 0.717) is 18.4 Å². The number of carbonyl (C=O) groups excluding carboxylic acids is 1. The molecule has 1 amide bonds. The Bertz CT molecular complexity index is 208. The number of piperazine rings is 1. The van der Waals surface area contributed by atoms with Crippen molar-refractivity contribution >= 4 is 5.91 Å². The third-order valence-electron chi connectivity index (χ3n) is 2.50. The van der Waals surface area contributed by atoms with Crippen LogP contribution in [0.1, 0.15) is 34.1 Å². The average Bonchev–Trinajstić information content (AvgIpc) is 2.01. The Kier molecular flexibility index (Phi) is 3.53. The SMILES string of the molecule is C[C@H]1CNCCN1C(=O)CC(C)(C)C. The summed E-state index contributed by atoms with van der Waals surface area (Å²) < 4.78 is 0. The van der Waals surface area contributed by atoms with Crippen LogP contribution in [0, 0.1) is 5.41 Å². The summed E-state index contributed by atoms with van der Waals surface area (Å²) in [4.78, 5) is 13.9. The normalized spacial score (nSPS) is 23.7. The Labute approximate surface area is 86.9 Å². The fourth-order valence-electron chi connectivity index (χ4n) is 1.77. The van der Waals surface area contributed by atoms with Gasteiger partial charge in [0.15, 0.2) is 0 Å². The molecule has 1 aliphatic rings. The highest BCUT2D eigenvalue weighted by atomic mass is 16.2. The van der Waals surface area contributed by atoms with Crippen molar-refractivity contribution < 1.29 is 4.79 Å². The van der Waals surface area contributed by atoms with Gasteiger partial charge in [0.1, 0.15) is 0 Å². The number of hydrogen-bond acceptors (Lipinski definition) is 2. The molecule has 0 bridgehead atoms. The molecule has 14 heavy (non-hydrogen) atoms. The fourth-order valence-corrected chi connectivity index (χ4v) is 1.77. The zero-order valence-electron chi connectivity index (χ0n) is 9.76. The third kappa shape index (κ3) is 3.29. The van der Waals surface area contributed by atoms with Crippen LogP contribution < -0.4 is 5.32 Å². The van der Waals surface area contributed by atoms with Gasteiger partial charge in [-0.3, -0.25) is 4.79 Å². The van der Waals surface area contributed by atoms with Crippen molar-refractivity contribution in [1.82, 2.24) is 10.2 Å². The van der Waals surface area contributed by atoms with Gasteiger partial charge in [-0.25, -0.2) is 0 Å². The van der Waals surface area contributed by atoms with E-state index in [1.165, 1.54) is 0 Å². The molecule has 1 fully saturated rings. The van der Waals surface area contributed by atoms with Crippen molar-refractivity contribution in [3.63, 3.8) is 0 Å². The molecule has 1 heterocycles. The minimum absolute atomic E-state index is 0.0989. The first-order valence-electron chi connectivity index (χ1n) is 5.40. The Morgan fingerprint density at radius 1 is 1.50 bits per heavy atom. The Morgan fingerprint density at radius 2 is 2.14 bits per heavy atom. The second kappa shape index (κ2) is 4.30.